The second-order valence-corrected chi connectivity index (χ2v) is 5.59. The van der Waals surface area contributed by atoms with Gasteiger partial charge in [0.2, 0.25) is 0 Å². The van der Waals surface area contributed by atoms with E-state index in [1.807, 2.05) is 30.5 Å². The highest BCUT2D eigenvalue weighted by atomic mass is 79.9. The molecule has 1 aliphatic rings. The Morgan fingerprint density at radius 1 is 1.26 bits per heavy atom. The van der Waals surface area contributed by atoms with E-state index < -0.39 is 0 Å². The van der Waals surface area contributed by atoms with Crippen LogP contribution in [0.3, 0.4) is 0 Å². The van der Waals surface area contributed by atoms with E-state index in [0.717, 1.165) is 40.0 Å². The molecule has 0 fully saturated rings. The molecule has 0 unspecified atom stereocenters. The van der Waals surface area contributed by atoms with E-state index in [0.29, 0.717) is 6.42 Å². The van der Waals surface area contributed by atoms with E-state index in [2.05, 4.69) is 20.5 Å². The van der Waals surface area contributed by atoms with E-state index in [1.165, 1.54) is 0 Å². The van der Waals surface area contributed by atoms with Gasteiger partial charge in [-0.2, -0.15) is 0 Å². The van der Waals surface area contributed by atoms with Gasteiger partial charge in [-0.1, -0.05) is 15.9 Å². The normalized spacial score (nSPS) is 14.3. The summed E-state index contributed by atoms with van der Waals surface area (Å²) in [6, 6.07) is 7.85. The summed E-state index contributed by atoms with van der Waals surface area (Å²) >= 11 is 3.49. The largest absolute Gasteiger partial charge is 0.497 e. The second-order valence-electron chi connectivity index (χ2n) is 4.67. The molecule has 0 amide bonds. The molecule has 0 spiro atoms. The number of Topliss-reactive ketones (excluding diaryl/α,β-unsaturated/α-hetero) is 1. The Bertz CT molecular complexity index is 646. The highest BCUT2D eigenvalue weighted by Gasteiger charge is 2.21. The molecule has 1 heterocycles. The van der Waals surface area contributed by atoms with Crippen molar-refractivity contribution in [2.24, 2.45) is 0 Å². The van der Waals surface area contributed by atoms with Crippen LogP contribution in [0, 0.1) is 0 Å². The fourth-order valence-electron chi connectivity index (χ4n) is 2.57. The summed E-state index contributed by atoms with van der Waals surface area (Å²) in [4.78, 5) is 11.9. The van der Waals surface area contributed by atoms with Crippen molar-refractivity contribution in [1.29, 1.82) is 0 Å². The summed E-state index contributed by atoms with van der Waals surface area (Å²) in [6.07, 6.45) is 4.51. The molecular formula is C15H14BrNO2. The van der Waals surface area contributed by atoms with Crippen LogP contribution in [0.15, 0.2) is 34.9 Å². The number of benzene rings is 1. The molecule has 0 N–H and O–H groups in total. The Kier molecular flexibility index (Phi) is 3.19. The molecule has 3 rings (SSSR count). The number of halogens is 1. The van der Waals surface area contributed by atoms with Gasteiger partial charge < -0.3 is 9.30 Å². The van der Waals surface area contributed by atoms with Gasteiger partial charge >= 0.3 is 0 Å². The van der Waals surface area contributed by atoms with Crippen molar-refractivity contribution in [3.8, 4) is 11.4 Å². The lowest BCUT2D eigenvalue weighted by Gasteiger charge is -2.15. The van der Waals surface area contributed by atoms with Gasteiger partial charge in [0, 0.05) is 34.4 Å². The third kappa shape index (κ3) is 2.21. The lowest BCUT2D eigenvalue weighted by atomic mass is 9.97. The van der Waals surface area contributed by atoms with Crippen LogP contribution in [-0.2, 0) is 6.42 Å². The summed E-state index contributed by atoms with van der Waals surface area (Å²) in [7, 11) is 1.65. The van der Waals surface area contributed by atoms with Crippen molar-refractivity contribution in [3.63, 3.8) is 0 Å². The Labute approximate surface area is 120 Å². The first-order chi connectivity index (χ1) is 9.19. The van der Waals surface area contributed by atoms with E-state index >= 15 is 0 Å². The first-order valence-corrected chi connectivity index (χ1v) is 7.07. The molecule has 3 nitrogen and oxygen atoms in total. The number of fused-ring (bicyclic) bond motifs is 1. The van der Waals surface area contributed by atoms with Gasteiger partial charge in [0.1, 0.15) is 5.75 Å². The van der Waals surface area contributed by atoms with Gasteiger partial charge in [-0.15, -0.1) is 0 Å². The maximum atomic E-state index is 11.9. The SMILES string of the molecule is COc1cc(Br)cc(-n2ccc3c2CCCC3=O)c1. The monoisotopic (exact) mass is 319 g/mol. The minimum Gasteiger partial charge on any atom is -0.497 e. The number of hydrogen-bond donors (Lipinski definition) is 0. The summed E-state index contributed by atoms with van der Waals surface area (Å²) in [6.45, 7) is 0. The lowest BCUT2D eigenvalue weighted by Crippen LogP contribution is -2.12. The van der Waals surface area contributed by atoms with Crippen molar-refractivity contribution < 1.29 is 9.53 Å². The summed E-state index contributed by atoms with van der Waals surface area (Å²) in [5, 5.41) is 0. The van der Waals surface area contributed by atoms with Crippen LogP contribution in [0.1, 0.15) is 28.9 Å². The number of methoxy groups -OCH3 is 1. The highest BCUT2D eigenvalue weighted by molar-refractivity contribution is 9.10. The minimum atomic E-state index is 0.252. The molecule has 1 aliphatic carbocycles. The Balaban J connectivity index is 2.12. The highest BCUT2D eigenvalue weighted by Crippen LogP contribution is 2.29. The first-order valence-electron chi connectivity index (χ1n) is 6.27. The number of carbonyl (C=O) groups excluding carboxylic acids is 1. The molecular weight excluding hydrogens is 306 g/mol. The number of aromatic nitrogens is 1. The van der Waals surface area contributed by atoms with Crippen LogP contribution in [-0.4, -0.2) is 17.5 Å². The van der Waals surface area contributed by atoms with Crippen molar-refractivity contribution in [1.82, 2.24) is 4.57 Å². The average Bonchev–Trinajstić information content (AvgIpc) is 2.83. The smallest absolute Gasteiger partial charge is 0.164 e. The number of ether oxygens (including phenoxy) is 1. The van der Waals surface area contributed by atoms with Gasteiger partial charge in [-0.3, -0.25) is 4.79 Å². The third-order valence-corrected chi connectivity index (χ3v) is 3.94. The summed E-state index contributed by atoms with van der Waals surface area (Å²) in [5.41, 5.74) is 2.99. The van der Waals surface area contributed by atoms with Crippen LogP contribution in [0.25, 0.3) is 5.69 Å². The van der Waals surface area contributed by atoms with Gasteiger partial charge in [0.05, 0.1) is 12.8 Å². The van der Waals surface area contributed by atoms with Crippen LogP contribution in [0.2, 0.25) is 0 Å². The van der Waals surface area contributed by atoms with Crippen LogP contribution < -0.4 is 4.74 Å². The topological polar surface area (TPSA) is 31.2 Å². The third-order valence-electron chi connectivity index (χ3n) is 3.48. The molecule has 1 aromatic carbocycles. The maximum Gasteiger partial charge on any atom is 0.164 e. The quantitative estimate of drug-likeness (QED) is 0.843. The maximum absolute atomic E-state index is 11.9. The summed E-state index contributed by atoms with van der Waals surface area (Å²) < 4.78 is 8.34. The molecule has 2 aromatic rings. The van der Waals surface area contributed by atoms with Crippen LogP contribution in [0.4, 0.5) is 0 Å². The van der Waals surface area contributed by atoms with Crippen LogP contribution >= 0.6 is 15.9 Å². The molecule has 0 saturated carbocycles. The number of ketones is 1. The minimum absolute atomic E-state index is 0.252. The Hall–Kier alpha value is -1.55. The zero-order valence-corrected chi connectivity index (χ0v) is 12.2. The molecule has 19 heavy (non-hydrogen) atoms. The van der Waals surface area contributed by atoms with E-state index in [-0.39, 0.29) is 5.78 Å². The lowest BCUT2D eigenvalue weighted by molar-refractivity contribution is 0.0972. The molecule has 1 aromatic heterocycles. The molecule has 0 aliphatic heterocycles. The van der Waals surface area contributed by atoms with Gasteiger partial charge in [-0.05, 0) is 31.0 Å². The Morgan fingerprint density at radius 3 is 2.89 bits per heavy atom. The predicted octanol–water partition coefficient (Wildman–Crippen LogP) is 3.77. The molecule has 0 saturated heterocycles. The summed E-state index contributed by atoms with van der Waals surface area (Å²) in [5.74, 6) is 1.05. The standard InChI is InChI=1S/C15H14BrNO2/c1-19-12-8-10(16)7-11(9-12)17-6-5-13-14(17)3-2-4-15(13)18/h5-9H,2-4H2,1H3. The second kappa shape index (κ2) is 4.85. The van der Waals surface area contributed by atoms with Gasteiger partial charge in [0.15, 0.2) is 5.78 Å². The molecule has 0 radical (unpaired) electrons. The molecule has 0 bridgehead atoms. The molecule has 98 valence electrons. The number of rotatable bonds is 2. The zero-order valence-electron chi connectivity index (χ0n) is 10.6. The fraction of sp³-hybridized carbons (Fsp3) is 0.267. The van der Waals surface area contributed by atoms with E-state index in [1.54, 1.807) is 7.11 Å². The van der Waals surface area contributed by atoms with Crippen LogP contribution in [0.5, 0.6) is 5.75 Å². The fourth-order valence-corrected chi connectivity index (χ4v) is 3.03. The van der Waals surface area contributed by atoms with Gasteiger partial charge in [0.25, 0.3) is 0 Å². The Morgan fingerprint density at radius 2 is 2.11 bits per heavy atom. The van der Waals surface area contributed by atoms with Crippen molar-refractivity contribution in [2.45, 2.75) is 19.3 Å². The predicted molar refractivity (Wildman–Crippen MR) is 77.3 cm³/mol. The average molecular weight is 320 g/mol. The molecule has 0 atom stereocenters. The number of nitrogens with zero attached hydrogens (tertiary/aromatic N) is 1. The van der Waals surface area contributed by atoms with Crippen molar-refractivity contribution in [3.05, 3.63) is 46.2 Å². The zero-order chi connectivity index (χ0) is 13.4. The van der Waals surface area contributed by atoms with Crippen molar-refractivity contribution in [2.75, 3.05) is 7.11 Å². The number of carbonyl (C=O) groups is 1. The van der Waals surface area contributed by atoms with Crippen molar-refractivity contribution >= 4 is 21.7 Å². The van der Waals surface area contributed by atoms with Gasteiger partial charge in [-0.25, -0.2) is 0 Å². The first kappa shape index (κ1) is 12.5. The van der Waals surface area contributed by atoms with E-state index in [9.17, 15) is 4.79 Å². The molecule has 4 heteroatoms. The number of hydrogen-bond acceptors (Lipinski definition) is 2. The van der Waals surface area contributed by atoms with E-state index in [4.69, 9.17) is 4.74 Å².